The highest BCUT2D eigenvalue weighted by molar-refractivity contribution is 6.79. The summed E-state index contributed by atoms with van der Waals surface area (Å²) in [6, 6.07) is 15.2. The number of carbonyl (C=O) groups excluding carboxylic acids is 2. The van der Waals surface area contributed by atoms with E-state index in [9.17, 15) is 9.59 Å². The van der Waals surface area contributed by atoms with Gasteiger partial charge in [0, 0.05) is 23.1 Å². The van der Waals surface area contributed by atoms with Crippen LogP contribution in [0.3, 0.4) is 0 Å². The summed E-state index contributed by atoms with van der Waals surface area (Å²) in [6.07, 6.45) is 1.91. The van der Waals surface area contributed by atoms with Gasteiger partial charge in [-0.3, -0.25) is 14.5 Å². The first kappa shape index (κ1) is 19.8. The van der Waals surface area contributed by atoms with Gasteiger partial charge in [-0.2, -0.15) is 0 Å². The molecule has 27 heavy (non-hydrogen) atoms. The van der Waals surface area contributed by atoms with E-state index >= 15 is 0 Å². The third-order valence-electron chi connectivity index (χ3n) is 6.34. The molecule has 0 unspecified atom stereocenters. The monoisotopic (exact) mass is 382 g/mol. The predicted octanol–water partition coefficient (Wildman–Crippen LogP) is 4.46. The molecule has 3 rings (SSSR count). The van der Waals surface area contributed by atoms with E-state index in [1.54, 1.807) is 0 Å². The number of rotatable bonds is 9. The maximum atomic E-state index is 12.9. The van der Waals surface area contributed by atoms with Gasteiger partial charge in [0.15, 0.2) is 0 Å². The van der Waals surface area contributed by atoms with Crippen molar-refractivity contribution in [1.82, 2.24) is 10.2 Å². The fourth-order valence-corrected chi connectivity index (χ4v) is 7.08. The number of hydrogen-bond donors (Lipinski definition) is 1. The van der Waals surface area contributed by atoms with Gasteiger partial charge in [0.1, 0.15) is 0 Å². The molecule has 0 spiro atoms. The van der Waals surface area contributed by atoms with Crippen LogP contribution in [0.5, 0.6) is 0 Å². The lowest BCUT2D eigenvalue weighted by molar-refractivity contribution is 0.0609. The van der Waals surface area contributed by atoms with Gasteiger partial charge in [0.25, 0.3) is 11.8 Å². The highest BCUT2D eigenvalue weighted by Crippen LogP contribution is 2.29. The first-order chi connectivity index (χ1) is 13.1. The van der Waals surface area contributed by atoms with Crippen molar-refractivity contribution in [3.05, 3.63) is 47.5 Å². The van der Waals surface area contributed by atoms with Gasteiger partial charge in [-0.15, -0.1) is 0 Å². The maximum Gasteiger partial charge on any atom is 0.261 e. The van der Waals surface area contributed by atoms with Crippen LogP contribution < -0.4 is 5.32 Å². The lowest BCUT2D eigenvalue weighted by atomic mass is 9.94. The molecular formula is C22H30N2O2Si. The Kier molecular flexibility index (Phi) is 6.12. The van der Waals surface area contributed by atoms with Crippen LogP contribution in [-0.2, 0) is 0 Å². The molecule has 0 saturated carbocycles. The number of imide groups is 1. The van der Waals surface area contributed by atoms with Gasteiger partial charge >= 0.3 is 0 Å². The third kappa shape index (κ3) is 3.71. The Morgan fingerprint density at radius 2 is 1.44 bits per heavy atom. The topological polar surface area (TPSA) is 49.4 Å². The molecule has 5 heteroatoms. The van der Waals surface area contributed by atoms with E-state index < -0.39 is 8.07 Å². The summed E-state index contributed by atoms with van der Waals surface area (Å²) in [5, 5.41) is 5.35. The minimum atomic E-state index is -1.17. The van der Waals surface area contributed by atoms with Crippen LogP contribution >= 0.6 is 0 Å². The molecule has 0 saturated heterocycles. The minimum absolute atomic E-state index is 0.163. The Balaban J connectivity index is 1.64. The van der Waals surface area contributed by atoms with Crippen molar-refractivity contribution in [2.45, 2.75) is 45.3 Å². The second-order valence-corrected chi connectivity index (χ2v) is 13.0. The number of nitrogens with one attached hydrogen (secondary N) is 1. The molecular weight excluding hydrogens is 352 g/mol. The Labute approximate surface area is 163 Å². The fraction of sp³-hybridized carbons (Fsp3) is 0.455. The van der Waals surface area contributed by atoms with Crippen molar-refractivity contribution >= 4 is 30.7 Å². The first-order valence-corrected chi connectivity index (χ1v) is 13.0. The molecule has 0 atom stereocenters. The molecule has 0 radical (unpaired) electrons. The largest absolute Gasteiger partial charge is 0.319 e. The van der Waals surface area contributed by atoms with Crippen LogP contribution in [0.25, 0.3) is 10.8 Å². The zero-order valence-electron chi connectivity index (χ0n) is 16.7. The van der Waals surface area contributed by atoms with Gasteiger partial charge in [-0.25, -0.2) is 0 Å². The molecule has 2 aromatic carbocycles. The summed E-state index contributed by atoms with van der Waals surface area (Å²) in [7, 11) is -1.17. The highest BCUT2D eigenvalue weighted by atomic mass is 28.3. The summed E-state index contributed by atoms with van der Waals surface area (Å²) < 4.78 is 0. The number of carbonyl (C=O) groups is 2. The van der Waals surface area contributed by atoms with E-state index in [2.05, 4.69) is 26.1 Å². The highest BCUT2D eigenvalue weighted by Gasteiger charge is 2.32. The molecule has 1 heterocycles. The Hall–Kier alpha value is -1.98. The van der Waals surface area contributed by atoms with Gasteiger partial charge < -0.3 is 5.32 Å². The van der Waals surface area contributed by atoms with Crippen molar-refractivity contribution in [3.8, 4) is 0 Å². The van der Waals surface area contributed by atoms with Crippen LogP contribution in [0.4, 0.5) is 0 Å². The van der Waals surface area contributed by atoms with E-state index in [1.807, 2.05) is 36.4 Å². The second kappa shape index (κ2) is 8.36. The van der Waals surface area contributed by atoms with Crippen molar-refractivity contribution in [2.75, 3.05) is 19.3 Å². The Morgan fingerprint density at radius 1 is 0.889 bits per heavy atom. The van der Waals surface area contributed by atoms with E-state index in [4.69, 9.17) is 0 Å². The van der Waals surface area contributed by atoms with E-state index in [1.165, 1.54) is 23.0 Å². The Bertz CT molecular complexity index is 786. The zero-order valence-corrected chi connectivity index (χ0v) is 17.7. The minimum Gasteiger partial charge on any atom is -0.319 e. The molecule has 0 fully saturated rings. The van der Waals surface area contributed by atoms with Crippen LogP contribution in [0.1, 0.15) is 47.9 Å². The summed E-state index contributed by atoms with van der Waals surface area (Å²) in [6.45, 7) is 8.24. The molecule has 2 aromatic rings. The quantitative estimate of drug-likeness (QED) is 0.396. The van der Waals surface area contributed by atoms with Crippen LogP contribution in [0.15, 0.2) is 36.4 Å². The molecule has 0 aliphatic carbocycles. The average Bonchev–Trinajstić information content (AvgIpc) is 2.71. The first-order valence-electron chi connectivity index (χ1n) is 10.2. The Morgan fingerprint density at radius 3 is 1.96 bits per heavy atom. The van der Waals surface area contributed by atoms with Crippen molar-refractivity contribution < 1.29 is 9.59 Å². The molecule has 2 amide bonds. The van der Waals surface area contributed by atoms with Crippen LogP contribution in [-0.4, -0.2) is 44.0 Å². The summed E-state index contributed by atoms with van der Waals surface area (Å²) in [5.41, 5.74) is 1.29. The number of benzene rings is 2. The number of hydrogen-bond acceptors (Lipinski definition) is 3. The van der Waals surface area contributed by atoms with Crippen LogP contribution in [0, 0.1) is 0 Å². The lowest BCUT2D eigenvalue weighted by Gasteiger charge is -2.29. The van der Waals surface area contributed by atoms with E-state index in [-0.39, 0.29) is 11.8 Å². The SMILES string of the molecule is CC[Si](CC)(CC)CNCCCN1C(=O)c2cccc3cccc(c23)C1=O. The van der Waals surface area contributed by atoms with Gasteiger partial charge in [-0.1, -0.05) is 63.2 Å². The van der Waals surface area contributed by atoms with E-state index in [0.717, 1.165) is 29.9 Å². The number of nitrogens with zero attached hydrogens (tertiary/aromatic N) is 1. The van der Waals surface area contributed by atoms with Crippen molar-refractivity contribution in [3.63, 3.8) is 0 Å². The van der Waals surface area contributed by atoms with Gasteiger partial charge in [0.05, 0.1) is 8.07 Å². The standard InChI is InChI=1S/C22H30N2O2Si/c1-4-27(5-2,6-3)16-23-14-9-15-24-21(25)18-12-7-10-17-11-8-13-19(20(17)18)22(24)26/h7-8,10-13,23H,4-6,9,14-16H2,1-3H3. The molecule has 0 aromatic heterocycles. The van der Waals surface area contributed by atoms with Gasteiger partial charge in [-0.05, 0) is 36.7 Å². The second-order valence-electron chi connectivity index (χ2n) is 7.56. The molecule has 1 aliphatic heterocycles. The molecule has 0 bridgehead atoms. The molecule has 1 N–H and O–H groups in total. The molecule has 4 nitrogen and oxygen atoms in total. The zero-order chi connectivity index (χ0) is 19.4. The van der Waals surface area contributed by atoms with Gasteiger partial charge in [0.2, 0.25) is 0 Å². The predicted molar refractivity (Wildman–Crippen MR) is 114 cm³/mol. The fourth-order valence-electron chi connectivity index (χ4n) is 4.12. The average molecular weight is 383 g/mol. The van der Waals surface area contributed by atoms with Crippen molar-refractivity contribution in [2.24, 2.45) is 0 Å². The third-order valence-corrected chi connectivity index (χ3v) is 11.8. The van der Waals surface area contributed by atoms with E-state index in [0.29, 0.717) is 17.7 Å². The normalized spacial score (nSPS) is 14.3. The lowest BCUT2D eigenvalue weighted by Crippen LogP contribution is -2.45. The summed E-state index contributed by atoms with van der Waals surface area (Å²) >= 11 is 0. The maximum absolute atomic E-state index is 12.9. The number of amides is 2. The molecule has 1 aliphatic rings. The molecule has 144 valence electrons. The summed E-state index contributed by atoms with van der Waals surface area (Å²) in [4.78, 5) is 27.2. The van der Waals surface area contributed by atoms with Crippen molar-refractivity contribution in [1.29, 1.82) is 0 Å². The summed E-state index contributed by atoms with van der Waals surface area (Å²) in [5.74, 6) is -0.326. The van der Waals surface area contributed by atoms with Crippen LogP contribution in [0.2, 0.25) is 18.1 Å². The smallest absolute Gasteiger partial charge is 0.261 e.